The topological polar surface area (TPSA) is 58.2 Å². The largest absolute Gasteiger partial charge is 0.683 e. The Kier molecular flexibility index (Phi) is 6.50. The highest BCUT2D eigenvalue weighted by atomic mass is 16.1. The Balaban J connectivity index is 1.58. The van der Waals surface area contributed by atoms with Crippen LogP contribution in [0.25, 0.3) is 5.32 Å². The van der Waals surface area contributed by atoms with Crippen LogP contribution in [0.5, 0.6) is 0 Å². The van der Waals surface area contributed by atoms with Crippen molar-refractivity contribution in [2.24, 2.45) is 0 Å². The van der Waals surface area contributed by atoms with Gasteiger partial charge in [-0.3, -0.25) is 4.79 Å². The van der Waals surface area contributed by atoms with Crippen LogP contribution in [0.3, 0.4) is 0 Å². The van der Waals surface area contributed by atoms with Crippen LogP contribution in [0, 0.1) is 6.92 Å². The van der Waals surface area contributed by atoms with E-state index in [2.05, 4.69) is 22.9 Å². The first-order valence-electron chi connectivity index (χ1n) is 9.87. The molecule has 150 valence electrons. The van der Waals surface area contributed by atoms with Crippen LogP contribution in [0.2, 0.25) is 0 Å². The van der Waals surface area contributed by atoms with E-state index in [4.69, 9.17) is 0 Å². The van der Waals surface area contributed by atoms with Crippen LogP contribution in [0.4, 0.5) is 5.69 Å². The normalized spacial score (nSPS) is 13.9. The number of hydrogen-bond acceptors (Lipinski definition) is 2. The van der Waals surface area contributed by atoms with E-state index in [1.54, 1.807) is 6.20 Å². The van der Waals surface area contributed by atoms with Crippen LogP contribution in [0.1, 0.15) is 46.9 Å². The zero-order valence-electron chi connectivity index (χ0n) is 17.4. The highest BCUT2D eigenvalue weighted by Gasteiger charge is 2.10. The fraction of sp³-hybridized carbons (Fsp3) is 0.250. The van der Waals surface area contributed by atoms with Crippen molar-refractivity contribution in [1.82, 2.24) is 5.32 Å². The maximum Gasteiger partial charge on any atom is 0.255 e. The molecule has 0 radical (unpaired) electrons. The Morgan fingerprint density at radius 2 is 2.03 bits per heavy atom. The lowest BCUT2D eigenvalue weighted by Gasteiger charge is -2.26. The summed E-state index contributed by atoms with van der Waals surface area (Å²) in [5, 5.41) is 10.7. The molecule has 5 nitrogen and oxygen atoms in total. The quantitative estimate of drug-likeness (QED) is 0.634. The van der Waals surface area contributed by atoms with E-state index in [1.165, 1.54) is 5.56 Å². The number of carbonyl (C=O) groups is 1. The number of nitrogens with one attached hydrogen (secondary N) is 2. The fourth-order valence-electron chi connectivity index (χ4n) is 3.21. The Labute approximate surface area is 172 Å². The minimum absolute atomic E-state index is 0.0157. The van der Waals surface area contributed by atoms with Gasteiger partial charge in [-0.05, 0) is 54.9 Å². The van der Waals surface area contributed by atoms with E-state index in [-0.39, 0.29) is 11.9 Å². The molecule has 1 unspecified atom stereocenters. The summed E-state index contributed by atoms with van der Waals surface area (Å²) in [4.78, 5) is 12.6. The van der Waals surface area contributed by atoms with Crippen LogP contribution >= 0.6 is 0 Å². The van der Waals surface area contributed by atoms with Gasteiger partial charge in [0.2, 0.25) is 0 Å². The van der Waals surface area contributed by atoms with Gasteiger partial charge in [0.05, 0.1) is 0 Å². The molecule has 2 aromatic carbocycles. The molecule has 1 aliphatic heterocycles. The predicted molar refractivity (Wildman–Crippen MR) is 119 cm³/mol. The molecule has 1 aliphatic rings. The lowest BCUT2D eigenvalue weighted by atomic mass is 10.0. The Morgan fingerprint density at radius 3 is 2.72 bits per heavy atom. The Bertz CT molecular complexity index is 988. The van der Waals surface area contributed by atoms with E-state index in [1.807, 2.05) is 86.5 Å². The summed E-state index contributed by atoms with van der Waals surface area (Å²) in [6, 6.07) is 13.7. The molecule has 0 fully saturated rings. The van der Waals surface area contributed by atoms with Crippen molar-refractivity contribution in [1.29, 1.82) is 0 Å². The molecule has 3 rings (SSSR count). The predicted octanol–water partition coefficient (Wildman–Crippen LogP) is 4.87. The van der Waals surface area contributed by atoms with E-state index >= 15 is 0 Å². The van der Waals surface area contributed by atoms with Crippen molar-refractivity contribution in [3.05, 3.63) is 94.3 Å². The van der Waals surface area contributed by atoms with E-state index < -0.39 is 0 Å². The molecule has 0 aliphatic carbocycles. The number of hydrogen-bond donors (Lipinski definition) is 2. The van der Waals surface area contributed by atoms with Crippen molar-refractivity contribution in [3.63, 3.8) is 0 Å². The monoisotopic (exact) mass is 388 g/mol. The molecule has 0 bridgehead atoms. The SMILES string of the molecule is CCc1ccc(C(=O)Nc2cccc(C(C)[N-]C=CNC3=C[N+](C)=C3)c2)cc1C. The first kappa shape index (κ1) is 20.4. The van der Waals surface area contributed by atoms with Gasteiger partial charge < -0.3 is 16.0 Å². The average Bonchev–Trinajstić information content (AvgIpc) is 2.69. The lowest BCUT2D eigenvalue weighted by Crippen LogP contribution is -2.21. The minimum Gasteiger partial charge on any atom is -0.683 e. The molecule has 0 aromatic heterocycles. The molecule has 1 heterocycles. The average molecular weight is 389 g/mol. The molecular weight excluding hydrogens is 360 g/mol. The maximum atomic E-state index is 12.6. The van der Waals surface area contributed by atoms with Crippen LogP contribution < -0.4 is 10.6 Å². The van der Waals surface area contributed by atoms with E-state index in [0.717, 1.165) is 28.9 Å². The van der Waals surface area contributed by atoms with E-state index in [9.17, 15) is 4.79 Å². The second-order valence-corrected chi connectivity index (χ2v) is 7.24. The van der Waals surface area contributed by atoms with Gasteiger partial charge in [0.25, 0.3) is 5.91 Å². The smallest absolute Gasteiger partial charge is 0.255 e. The molecular formula is C24H28N4O. The second-order valence-electron chi connectivity index (χ2n) is 7.24. The summed E-state index contributed by atoms with van der Waals surface area (Å²) in [6.45, 7) is 6.19. The molecule has 0 saturated heterocycles. The summed E-state index contributed by atoms with van der Waals surface area (Å²) in [5.74, 6) is -0.100. The summed E-state index contributed by atoms with van der Waals surface area (Å²) >= 11 is 0. The van der Waals surface area contributed by atoms with Gasteiger partial charge in [-0.2, -0.15) is 6.20 Å². The van der Waals surface area contributed by atoms with Gasteiger partial charge in [-0.1, -0.05) is 43.7 Å². The molecule has 0 saturated carbocycles. The summed E-state index contributed by atoms with van der Waals surface area (Å²) in [6.07, 6.45) is 8.54. The molecule has 2 N–H and O–H groups in total. The molecule has 0 spiro atoms. The minimum atomic E-state index is -0.100. The van der Waals surface area contributed by atoms with Crippen molar-refractivity contribution in [2.45, 2.75) is 33.2 Å². The number of allylic oxidation sites excluding steroid dienone is 1. The molecule has 1 amide bonds. The third-order valence-electron chi connectivity index (χ3n) is 4.93. The number of nitrogens with zero attached hydrogens (tertiary/aromatic N) is 2. The molecule has 2 aromatic rings. The summed E-state index contributed by atoms with van der Waals surface area (Å²) in [5.41, 5.74) is 5.94. The van der Waals surface area contributed by atoms with Gasteiger partial charge in [0.15, 0.2) is 18.1 Å². The molecule has 5 heteroatoms. The first-order valence-corrected chi connectivity index (χ1v) is 9.87. The molecule has 29 heavy (non-hydrogen) atoms. The highest BCUT2D eigenvalue weighted by Crippen LogP contribution is 2.24. The van der Waals surface area contributed by atoms with Crippen LogP contribution in [-0.2, 0) is 6.42 Å². The lowest BCUT2D eigenvalue weighted by molar-refractivity contribution is -0.429. The van der Waals surface area contributed by atoms with Gasteiger partial charge >= 0.3 is 0 Å². The number of aryl methyl sites for hydroxylation is 2. The maximum absolute atomic E-state index is 12.6. The number of benzene rings is 2. The zero-order chi connectivity index (χ0) is 20.8. The number of anilines is 1. The summed E-state index contributed by atoms with van der Waals surface area (Å²) < 4.78 is 1.98. The third kappa shape index (κ3) is 5.35. The van der Waals surface area contributed by atoms with Crippen molar-refractivity contribution < 1.29 is 9.37 Å². The Hall–Kier alpha value is -3.34. The highest BCUT2D eigenvalue weighted by molar-refractivity contribution is 6.04. The van der Waals surface area contributed by atoms with Gasteiger partial charge in [0.1, 0.15) is 7.05 Å². The third-order valence-corrected chi connectivity index (χ3v) is 4.93. The van der Waals surface area contributed by atoms with Crippen LogP contribution in [0.15, 0.2) is 66.8 Å². The van der Waals surface area contributed by atoms with Crippen molar-refractivity contribution in [2.75, 3.05) is 12.4 Å². The number of rotatable bonds is 8. The fourth-order valence-corrected chi connectivity index (χ4v) is 3.21. The van der Waals surface area contributed by atoms with E-state index in [0.29, 0.717) is 5.56 Å². The zero-order valence-corrected chi connectivity index (χ0v) is 17.4. The van der Waals surface area contributed by atoms with Gasteiger partial charge in [-0.15, -0.1) is 0 Å². The Morgan fingerprint density at radius 1 is 1.24 bits per heavy atom. The molecule has 1 atom stereocenters. The van der Waals surface area contributed by atoms with Gasteiger partial charge in [0, 0.05) is 11.3 Å². The number of carbonyl (C=O) groups excluding carboxylic acids is 1. The van der Waals surface area contributed by atoms with Crippen molar-refractivity contribution in [3.8, 4) is 0 Å². The second kappa shape index (κ2) is 9.24. The van der Waals surface area contributed by atoms with Crippen molar-refractivity contribution >= 4 is 17.8 Å². The standard InChI is InChI=1S/C24H28N4O/c1-5-19-9-10-21(13-17(19)2)24(29)27-22-8-6-7-20(14-22)18(3)25-11-12-26-23-15-28(4)16-23/h6-16,18,26H,5H2,1-4H3,(H,27,29). The number of amides is 1. The van der Waals surface area contributed by atoms with Crippen LogP contribution in [-0.4, -0.2) is 23.7 Å². The summed E-state index contributed by atoms with van der Waals surface area (Å²) in [7, 11) is 1.98. The van der Waals surface area contributed by atoms with Gasteiger partial charge in [-0.25, -0.2) is 4.58 Å². The first-order chi connectivity index (χ1) is 14.0.